The molecular formula is C13H14N2O. The summed E-state index contributed by atoms with van der Waals surface area (Å²) in [5.41, 5.74) is 7.59. The molecule has 1 aromatic heterocycles. The molecule has 0 bridgehead atoms. The van der Waals surface area contributed by atoms with E-state index in [-0.39, 0.29) is 0 Å². The van der Waals surface area contributed by atoms with E-state index in [0.717, 1.165) is 11.3 Å². The minimum absolute atomic E-state index is 0.486. The van der Waals surface area contributed by atoms with Gasteiger partial charge in [0.1, 0.15) is 5.82 Å². The predicted molar refractivity (Wildman–Crippen MR) is 63.6 cm³/mol. The predicted octanol–water partition coefficient (Wildman–Crippen LogP) is 2.38. The molecule has 0 fully saturated rings. The third kappa shape index (κ3) is 3.07. The van der Waals surface area contributed by atoms with Crippen molar-refractivity contribution in [1.82, 2.24) is 4.98 Å². The fourth-order valence-corrected chi connectivity index (χ4v) is 1.43. The van der Waals surface area contributed by atoms with Gasteiger partial charge in [0.25, 0.3) is 0 Å². The number of nitrogens with two attached hydrogens (primary N) is 1. The topological polar surface area (TPSA) is 48.1 Å². The third-order valence-electron chi connectivity index (χ3n) is 2.19. The van der Waals surface area contributed by atoms with Crippen LogP contribution < -0.4 is 5.73 Å². The van der Waals surface area contributed by atoms with Gasteiger partial charge in [0.05, 0.1) is 18.9 Å². The molecule has 0 aliphatic rings. The van der Waals surface area contributed by atoms with Crippen LogP contribution in [0, 0.1) is 0 Å². The molecule has 0 saturated carbocycles. The average Bonchev–Trinajstić information content (AvgIpc) is 2.30. The van der Waals surface area contributed by atoms with Crippen LogP contribution in [0.3, 0.4) is 0 Å². The first-order valence-electron chi connectivity index (χ1n) is 5.18. The molecule has 0 aliphatic heterocycles. The third-order valence-corrected chi connectivity index (χ3v) is 2.19. The maximum atomic E-state index is 5.57. The van der Waals surface area contributed by atoms with Crippen LogP contribution in [0.15, 0.2) is 48.5 Å². The number of nitrogen functional groups attached to an aromatic ring is 1. The Labute approximate surface area is 94.9 Å². The number of pyridine rings is 1. The van der Waals surface area contributed by atoms with E-state index < -0.39 is 0 Å². The van der Waals surface area contributed by atoms with Gasteiger partial charge in [0.15, 0.2) is 0 Å². The largest absolute Gasteiger partial charge is 0.384 e. The molecule has 0 radical (unpaired) electrons. The molecule has 0 amide bonds. The lowest BCUT2D eigenvalue weighted by molar-refractivity contribution is 0.104. The highest BCUT2D eigenvalue weighted by atomic mass is 16.5. The smallest absolute Gasteiger partial charge is 0.123 e. The van der Waals surface area contributed by atoms with Crippen LogP contribution >= 0.6 is 0 Å². The molecule has 2 aromatic rings. The van der Waals surface area contributed by atoms with Crippen LogP contribution in [0.25, 0.3) is 0 Å². The van der Waals surface area contributed by atoms with Crippen LogP contribution in [-0.2, 0) is 18.0 Å². The first kappa shape index (κ1) is 10.6. The maximum Gasteiger partial charge on any atom is 0.123 e. The summed E-state index contributed by atoms with van der Waals surface area (Å²) in [6.07, 6.45) is 0. The number of anilines is 1. The average molecular weight is 214 g/mol. The zero-order valence-electron chi connectivity index (χ0n) is 8.97. The second-order valence-corrected chi connectivity index (χ2v) is 3.53. The molecule has 0 atom stereocenters. The quantitative estimate of drug-likeness (QED) is 0.850. The van der Waals surface area contributed by atoms with Gasteiger partial charge in [-0.3, -0.25) is 0 Å². The number of ether oxygens (including phenoxy) is 1. The first-order chi connectivity index (χ1) is 7.84. The zero-order chi connectivity index (χ0) is 11.2. The van der Waals surface area contributed by atoms with Crippen molar-refractivity contribution in [2.24, 2.45) is 0 Å². The molecule has 3 nitrogen and oxygen atoms in total. The molecule has 2 rings (SSSR count). The Morgan fingerprint density at radius 3 is 2.50 bits per heavy atom. The standard InChI is InChI=1S/C13H14N2O/c14-13-8-4-7-12(15-13)10-16-9-11-5-2-1-3-6-11/h1-8H,9-10H2,(H2,14,15). The monoisotopic (exact) mass is 214 g/mol. The summed E-state index contributed by atoms with van der Waals surface area (Å²) in [4.78, 5) is 4.16. The van der Waals surface area contributed by atoms with Gasteiger partial charge in [0.2, 0.25) is 0 Å². The van der Waals surface area contributed by atoms with Gasteiger partial charge in [-0.1, -0.05) is 36.4 Å². The number of benzene rings is 1. The summed E-state index contributed by atoms with van der Waals surface area (Å²) in [5.74, 6) is 0.529. The first-order valence-corrected chi connectivity index (χ1v) is 5.18. The lowest BCUT2D eigenvalue weighted by atomic mass is 10.2. The van der Waals surface area contributed by atoms with Crippen LogP contribution in [0.2, 0.25) is 0 Å². The minimum atomic E-state index is 0.486. The van der Waals surface area contributed by atoms with Gasteiger partial charge < -0.3 is 10.5 Å². The van der Waals surface area contributed by atoms with E-state index in [1.54, 1.807) is 6.07 Å². The van der Waals surface area contributed by atoms with Crippen molar-refractivity contribution in [2.45, 2.75) is 13.2 Å². The van der Waals surface area contributed by atoms with Crippen molar-refractivity contribution in [2.75, 3.05) is 5.73 Å². The molecule has 0 spiro atoms. The summed E-state index contributed by atoms with van der Waals surface area (Å²) in [6.45, 7) is 1.08. The molecule has 2 N–H and O–H groups in total. The number of rotatable bonds is 4. The number of nitrogens with zero attached hydrogens (tertiary/aromatic N) is 1. The summed E-state index contributed by atoms with van der Waals surface area (Å²) >= 11 is 0. The van der Waals surface area contributed by atoms with E-state index in [1.807, 2.05) is 42.5 Å². The number of hydrogen-bond acceptors (Lipinski definition) is 3. The second kappa shape index (κ2) is 5.28. The SMILES string of the molecule is Nc1cccc(COCc2ccccc2)n1. The highest BCUT2D eigenvalue weighted by Crippen LogP contribution is 2.05. The van der Waals surface area contributed by atoms with Crippen molar-refractivity contribution in [3.63, 3.8) is 0 Å². The molecule has 1 aromatic carbocycles. The van der Waals surface area contributed by atoms with E-state index in [1.165, 1.54) is 0 Å². The van der Waals surface area contributed by atoms with Gasteiger partial charge in [-0.2, -0.15) is 0 Å². The Balaban J connectivity index is 1.85. The maximum absolute atomic E-state index is 5.57. The summed E-state index contributed by atoms with van der Waals surface area (Å²) < 4.78 is 5.54. The lowest BCUT2D eigenvalue weighted by Gasteiger charge is -2.04. The Bertz CT molecular complexity index is 443. The highest BCUT2D eigenvalue weighted by molar-refractivity contribution is 5.28. The van der Waals surface area contributed by atoms with Crippen molar-refractivity contribution in [1.29, 1.82) is 0 Å². The van der Waals surface area contributed by atoms with E-state index in [0.29, 0.717) is 19.0 Å². The molecule has 0 aliphatic carbocycles. The molecule has 0 unspecified atom stereocenters. The van der Waals surface area contributed by atoms with E-state index in [4.69, 9.17) is 10.5 Å². The Hall–Kier alpha value is -1.87. The molecular weight excluding hydrogens is 200 g/mol. The van der Waals surface area contributed by atoms with E-state index in [9.17, 15) is 0 Å². The van der Waals surface area contributed by atoms with Crippen molar-refractivity contribution < 1.29 is 4.74 Å². The van der Waals surface area contributed by atoms with Crippen LogP contribution in [0.5, 0.6) is 0 Å². The molecule has 0 saturated heterocycles. The van der Waals surface area contributed by atoms with Gasteiger partial charge >= 0.3 is 0 Å². The normalized spacial score (nSPS) is 10.2. The van der Waals surface area contributed by atoms with Crippen LogP contribution in [0.1, 0.15) is 11.3 Å². The van der Waals surface area contributed by atoms with Crippen molar-refractivity contribution in [3.05, 3.63) is 59.8 Å². The fourth-order valence-electron chi connectivity index (χ4n) is 1.43. The zero-order valence-corrected chi connectivity index (χ0v) is 8.97. The number of aromatic nitrogens is 1. The number of hydrogen-bond donors (Lipinski definition) is 1. The second-order valence-electron chi connectivity index (χ2n) is 3.53. The summed E-state index contributed by atoms with van der Waals surface area (Å²) in [7, 11) is 0. The molecule has 16 heavy (non-hydrogen) atoms. The lowest BCUT2D eigenvalue weighted by Crippen LogP contribution is -1.98. The van der Waals surface area contributed by atoms with Gasteiger partial charge in [-0.05, 0) is 17.7 Å². The Morgan fingerprint density at radius 2 is 1.75 bits per heavy atom. The fraction of sp³-hybridized carbons (Fsp3) is 0.154. The van der Waals surface area contributed by atoms with Crippen molar-refractivity contribution in [3.8, 4) is 0 Å². The van der Waals surface area contributed by atoms with Crippen LogP contribution in [-0.4, -0.2) is 4.98 Å². The van der Waals surface area contributed by atoms with Gasteiger partial charge in [-0.25, -0.2) is 4.98 Å². The van der Waals surface area contributed by atoms with Crippen molar-refractivity contribution >= 4 is 5.82 Å². The van der Waals surface area contributed by atoms with E-state index in [2.05, 4.69) is 4.98 Å². The van der Waals surface area contributed by atoms with Crippen LogP contribution in [0.4, 0.5) is 5.82 Å². The Kier molecular flexibility index (Phi) is 3.51. The highest BCUT2D eigenvalue weighted by Gasteiger charge is 1.96. The van der Waals surface area contributed by atoms with E-state index >= 15 is 0 Å². The molecule has 1 heterocycles. The summed E-state index contributed by atoms with van der Waals surface area (Å²) in [6, 6.07) is 15.6. The van der Waals surface area contributed by atoms with Gasteiger partial charge in [0, 0.05) is 0 Å². The minimum Gasteiger partial charge on any atom is -0.384 e. The van der Waals surface area contributed by atoms with Gasteiger partial charge in [-0.15, -0.1) is 0 Å². The Morgan fingerprint density at radius 1 is 0.938 bits per heavy atom. The molecule has 82 valence electrons. The molecule has 3 heteroatoms. The summed E-state index contributed by atoms with van der Waals surface area (Å²) in [5, 5.41) is 0.